The van der Waals surface area contributed by atoms with Crippen LogP contribution < -0.4 is 5.32 Å². The average molecular weight is 519 g/mol. The molecule has 0 aliphatic carbocycles. The highest BCUT2D eigenvalue weighted by Crippen LogP contribution is 2.26. The Balaban J connectivity index is 1.85. The number of hydrogen-bond acceptors (Lipinski definition) is 5. The van der Waals surface area contributed by atoms with Crippen LogP contribution in [0, 0.1) is 9.52 Å². The summed E-state index contributed by atoms with van der Waals surface area (Å²) in [7, 11) is 0. The second-order valence-corrected chi connectivity index (χ2v) is 7.70. The Kier molecular flexibility index (Phi) is 5.88. The molecule has 0 unspecified atom stereocenters. The molecule has 0 radical (unpaired) electrons. The summed E-state index contributed by atoms with van der Waals surface area (Å²) in [5.74, 6) is 0.208. The first kappa shape index (κ1) is 17.8. The van der Waals surface area contributed by atoms with Gasteiger partial charge in [0.15, 0.2) is 11.0 Å². The SMILES string of the molecule is CSc1ncc2c(NCCc3cccc(Br)c3)nc(I)c(F)c2n1. The highest BCUT2D eigenvalue weighted by Gasteiger charge is 2.14. The first-order valence-electron chi connectivity index (χ1n) is 7.12. The fourth-order valence-electron chi connectivity index (χ4n) is 2.26. The molecule has 1 aromatic carbocycles. The summed E-state index contributed by atoms with van der Waals surface area (Å²) in [4.78, 5) is 12.8. The zero-order valence-electron chi connectivity index (χ0n) is 12.7. The summed E-state index contributed by atoms with van der Waals surface area (Å²) in [5.41, 5.74) is 1.51. The number of pyridine rings is 1. The van der Waals surface area contributed by atoms with Gasteiger partial charge in [-0.05, 0) is 53.0 Å². The van der Waals surface area contributed by atoms with E-state index in [-0.39, 0.29) is 0 Å². The van der Waals surface area contributed by atoms with Crippen molar-refractivity contribution in [1.82, 2.24) is 15.0 Å². The van der Waals surface area contributed by atoms with Gasteiger partial charge < -0.3 is 5.32 Å². The molecule has 0 fully saturated rings. The number of benzene rings is 1. The van der Waals surface area contributed by atoms with Crippen LogP contribution in [-0.4, -0.2) is 27.8 Å². The number of hydrogen-bond donors (Lipinski definition) is 1. The standard InChI is InChI=1S/C16H13BrFIN4S/c1-24-16-21-8-11-13(22-16)12(18)14(19)23-15(11)20-6-5-9-3-2-4-10(17)7-9/h2-4,7-8H,5-6H2,1H3,(H,20,23). The molecule has 0 saturated heterocycles. The lowest BCUT2D eigenvalue weighted by Gasteiger charge is -2.11. The maximum absolute atomic E-state index is 14.3. The van der Waals surface area contributed by atoms with Gasteiger partial charge in [-0.25, -0.2) is 19.3 Å². The van der Waals surface area contributed by atoms with Crippen molar-refractivity contribution in [2.75, 3.05) is 18.1 Å². The third-order valence-corrected chi connectivity index (χ3v) is 5.17. The minimum Gasteiger partial charge on any atom is -0.369 e. The van der Waals surface area contributed by atoms with Gasteiger partial charge in [-0.2, -0.15) is 0 Å². The summed E-state index contributed by atoms with van der Waals surface area (Å²) in [6.45, 7) is 0.685. The zero-order chi connectivity index (χ0) is 17.1. The van der Waals surface area contributed by atoms with Crippen LogP contribution in [0.2, 0.25) is 0 Å². The lowest BCUT2D eigenvalue weighted by Crippen LogP contribution is -2.09. The Morgan fingerprint density at radius 2 is 2.17 bits per heavy atom. The molecule has 3 rings (SSSR count). The normalized spacial score (nSPS) is 11.0. The maximum atomic E-state index is 14.3. The minimum atomic E-state index is -0.402. The van der Waals surface area contributed by atoms with Gasteiger partial charge in [0.25, 0.3) is 0 Å². The van der Waals surface area contributed by atoms with Crippen molar-refractivity contribution in [3.05, 3.63) is 50.0 Å². The smallest absolute Gasteiger partial charge is 0.187 e. The van der Waals surface area contributed by atoms with Crippen molar-refractivity contribution in [2.45, 2.75) is 11.6 Å². The molecule has 8 heteroatoms. The monoisotopic (exact) mass is 518 g/mol. The molecule has 0 bridgehead atoms. The highest BCUT2D eigenvalue weighted by molar-refractivity contribution is 14.1. The summed E-state index contributed by atoms with van der Waals surface area (Å²) < 4.78 is 15.7. The number of halogens is 3. The molecule has 0 atom stereocenters. The van der Waals surface area contributed by atoms with Gasteiger partial charge in [-0.3, -0.25) is 0 Å². The topological polar surface area (TPSA) is 50.7 Å². The number of nitrogens with zero attached hydrogens (tertiary/aromatic N) is 3. The Bertz CT molecular complexity index is 893. The highest BCUT2D eigenvalue weighted by atomic mass is 127. The predicted octanol–water partition coefficient (Wildman–Crippen LogP) is 4.91. The third kappa shape index (κ3) is 3.97. The molecule has 1 N–H and O–H groups in total. The molecular formula is C16H13BrFIN4S. The fourth-order valence-corrected chi connectivity index (χ4v) is 3.55. The van der Waals surface area contributed by atoms with Crippen LogP contribution in [0.25, 0.3) is 10.9 Å². The lowest BCUT2D eigenvalue weighted by molar-refractivity contribution is 0.620. The number of nitrogens with one attached hydrogen (secondary N) is 1. The van der Waals surface area contributed by atoms with Gasteiger partial charge in [0.05, 0.1) is 5.39 Å². The number of aromatic nitrogens is 3. The molecule has 3 aromatic rings. The van der Waals surface area contributed by atoms with E-state index in [1.807, 2.05) is 41.0 Å². The van der Waals surface area contributed by atoms with E-state index in [0.717, 1.165) is 10.9 Å². The second kappa shape index (κ2) is 7.92. The van der Waals surface area contributed by atoms with E-state index in [1.54, 1.807) is 6.20 Å². The van der Waals surface area contributed by atoms with Crippen LogP contribution in [-0.2, 0) is 6.42 Å². The van der Waals surface area contributed by atoms with Crippen molar-refractivity contribution in [2.24, 2.45) is 0 Å². The van der Waals surface area contributed by atoms with Crippen molar-refractivity contribution in [3.8, 4) is 0 Å². The summed E-state index contributed by atoms with van der Waals surface area (Å²) in [6.07, 6.45) is 4.32. The summed E-state index contributed by atoms with van der Waals surface area (Å²) in [6, 6.07) is 8.15. The van der Waals surface area contributed by atoms with E-state index in [1.165, 1.54) is 17.3 Å². The molecule has 0 aliphatic heterocycles. The minimum absolute atomic E-state index is 0.302. The number of thioether (sulfide) groups is 1. The van der Waals surface area contributed by atoms with Crippen LogP contribution in [0.5, 0.6) is 0 Å². The van der Waals surface area contributed by atoms with Gasteiger partial charge >= 0.3 is 0 Å². The van der Waals surface area contributed by atoms with Crippen LogP contribution >= 0.6 is 50.3 Å². The summed E-state index contributed by atoms with van der Waals surface area (Å²) in [5, 5.41) is 4.42. The Morgan fingerprint density at radius 3 is 2.92 bits per heavy atom. The van der Waals surface area contributed by atoms with Gasteiger partial charge in [0.2, 0.25) is 0 Å². The molecule has 0 spiro atoms. The number of rotatable bonds is 5. The Hall–Kier alpha value is -1.00. The van der Waals surface area contributed by atoms with Crippen LogP contribution in [0.3, 0.4) is 0 Å². The fraction of sp³-hybridized carbons (Fsp3) is 0.188. The van der Waals surface area contributed by atoms with E-state index < -0.39 is 5.82 Å². The van der Waals surface area contributed by atoms with Crippen molar-refractivity contribution in [1.29, 1.82) is 0 Å². The molecule has 0 amide bonds. The average Bonchev–Trinajstić information content (AvgIpc) is 2.59. The van der Waals surface area contributed by atoms with Gasteiger partial charge in [0, 0.05) is 17.2 Å². The van der Waals surface area contributed by atoms with E-state index in [0.29, 0.717) is 32.1 Å². The van der Waals surface area contributed by atoms with Crippen LogP contribution in [0.15, 0.2) is 40.1 Å². The summed E-state index contributed by atoms with van der Waals surface area (Å²) >= 11 is 6.74. The molecular weight excluding hydrogens is 506 g/mol. The van der Waals surface area contributed by atoms with E-state index in [4.69, 9.17) is 0 Å². The van der Waals surface area contributed by atoms with E-state index >= 15 is 0 Å². The lowest BCUT2D eigenvalue weighted by atomic mass is 10.1. The quantitative estimate of drug-likeness (QED) is 0.225. The molecule has 0 saturated carbocycles. The third-order valence-electron chi connectivity index (χ3n) is 3.40. The van der Waals surface area contributed by atoms with Crippen LogP contribution in [0.1, 0.15) is 5.56 Å². The van der Waals surface area contributed by atoms with Crippen LogP contribution in [0.4, 0.5) is 10.2 Å². The molecule has 0 aliphatic rings. The molecule has 24 heavy (non-hydrogen) atoms. The first-order chi connectivity index (χ1) is 11.6. The first-order valence-corrected chi connectivity index (χ1v) is 10.2. The molecule has 2 aromatic heterocycles. The predicted molar refractivity (Wildman–Crippen MR) is 108 cm³/mol. The van der Waals surface area contributed by atoms with Crippen molar-refractivity contribution < 1.29 is 4.39 Å². The largest absolute Gasteiger partial charge is 0.369 e. The Morgan fingerprint density at radius 1 is 1.33 bits per heavy atom. The zero-order valence-corrected chi connectivity index (χ0v) is 17.2. The van der Waals surface area contributed by atoms with Gasteiger partial charge in [0.1, 0.15) is 15.0 Å². The van der Waals surface area contributed by atoms with E-state index in [9.17, 15) is 4.39 Å². The van der Waals surface area contributed by atoms with E-state index in [2.05, 4.69) is 48.3 Å². The maximum Gasteiger partial charge on any atom is 0.187 e. The Labute approximate surface area is 165 Å². The van der Waals surface area contributed by atoms with Crippen molar-refractivity contribution >= 4 is 67.0 Å². The number of anilines is 1. The van der Waals surface area contributed by atoms with Gasteiger partial charge in [-0.15, -0.1) is 0 Å². The van der Waals surface area contributed by atoms with Gasteiger partial charge in [-0.1, -0.05) is 39.8 Å². The molecule has 124 valence electrons. The molecule has 2 heterocycles. The van der Waals surface area contributed by atoms with Crippen molar-refractivity contribution in [3.63, 3.8) is 0 Å². The molecule has 4 nitrogen and oxygen atoms in total. The number of fused-ring (bicyclic) bond motifs is 1. The second-order valence-electron chi connectivity index (χ2n) is 4.99.